The average molecular weight is 213 g/mol. The maximum absolute atomic E-state index is 12.4. The molecule has 0 aliphatic carbocycles. The van der Waals surface area contributed by atoms with Gasteiger partial charge < -0.3 is 5.73 Å². The van der Waals surface area contributed by atoms with Crippen LogP contribution >= 0.6 is 11.8 Å². The van der Waals surface area contributed by atoms with Crippen molar-refractivity contribution in [2.75, 3.05) is 0 Å². The van der Waals surface area contributed by atoms with Gasteiger partial charge in [-0.1, -0.05) is 0 Å². The molecule has 0 bridgehead atoms. The summed E-state index contributed by atoms with van der Waals surface area (Å²) in [7, 11) is 0. The highest BCUT2D eigenvalue weighted by molar-refractivity contribution is 8.02. The number of halogens is 3. The number of amides is 1. The molecule has 1 fully saturated rings. The first kappa shape index (κ1) is 10.7. The molecule has 2 atom stereocenters. The van der Waals surface area contributed by atoms with Gasteiger partial charge in [0.05, 0.1) is 5.25 Å². The van der Waals surface area contributed by atoms with E-state index in [4.69, 9.17) is 5.73 Å². The van der Waals surface area contributed by atoms with Crippen molar-refractivity contribution in [3.8, 4) is 0 Å². The van der Waals surface area contributed by atoms with Gasteiger partial charge in [0.25, 0.3) is 0 Å². The van der Waals surface area contributed by atoms with Crippen LogP contribution < -0.4 is 5.73 Å². The maximum Gasteiger partial charge on any atom is 0.402 e. The van der Waals surface area contributed by atoms with Gasteiger partial charge in [-0.25, -0.2) is 0 Å². The molecule has 1 aliphatic rings. The van der Waals surface area contributed by atoms with Gasteiger partial charge in [0.2, 0.25) is 5.91 Å². The molecule has 0 spiro atoms. The highest BCUT2D eigenvalue weighted by Crippen LogP contribution is 2.52. The monoisotopic (exact) mass is 213 g/mol. The number of thioether (sulfide) groups is 1. The Balaban J connectivity index is 2.72. The van der Waals surface area contributed by atoms with E-state index in [1.54, 1.807) is 0 Å². The third-order valence-electron chi connectivity index (χ3n) is 2.20. The Morgan fingerprint density at radius 3 is 2.38 bits per heavy atom. The van der Waals surface area contributed by atoms with Crippen LogP contribution in [0.5, 0.6) is 0 Å². The molecule has 0 saturated carbocycles. The minimum absolute atomic E-state index is 0.0330. The molecule has 2 nitrogen and oxygen atoms in total. The molecule has 0 radical (unpaired) electrons. The summed E-state index contributed by atoms with van der Waals surface area (Å²) in [5.74, 6) is -0.655. The fraction of sp³-hybridized carbons (Fsp3) is 0.857. The summed E-state index contributed by atoms with van der Waals surface area (Å²) < 4.78 is 35.4. The van der Waals surface area contributed by atoms with Crippen LogP contribution in [0.2, 0.25) is 0 Å². The van der Waals surface area contributed by atoms with Crippen LogP contribution in [0.4, 0.5) is 13.2 Å². The highest BCUT2D eigenvalue weighted by Gasteiger charge is 2.56. The quantitative estimate of drug-likeness (QED) is 0.720. The fourth-order valence-corrected chi connectivity index (χ4v) is 2.60. The van der Waals surface area contributed by atoms with E-state index in [0.717, 1.165) is 6.92 Å². The van der Waals surface area contributed by atoms with Crippen molar-refractivity contribution in [2.45, 2.75) is 35.9 Å². The normalized spacial score (nSPS) is 34.9. The molecule has 1 aliphatic heterocycles. The second-order valence-electron chi connectivity index (χ2n) is 3.28. The first-order valence-corrected chi connectivity index (χ1v) is 4.68. The van der Waals surface area contributed by atoms with E-state index in [-0.39, 0.29) is 12.8 Å². The van der Waals surface area contributed by atoms with Crippen molar-refractivity contribution in [1.82, 2.24) is 0 Å². The molecule has 1 saturated heterocycles. The molecule has 0 aromatic heterocycles. The molecular weight excluding hydrogens is 203 g/mol. The molecule has 0 aromatic carbocycles. The summed E-state index contributed by atoms with van der Waals surface area (Å²) in [5, 5.41) is -0.688. The van der Waals surface area contributed by atoms with E-state index in [2.05, 4.69) is 0 Å². The van der Waals surface area contributed by atoms with Gasteiger partial charge >= 0.3 is 6.18 Å². The lowest BCUT2D eigenvalue weighted by atomic mass is 10.0. The lowest BCUT2D eigenvalue weighted by Gasteiger charge is -2.26. The van der Waals surface area contributed by atoms with Crippen molar-refractivity contribution >= 4 is 17.7 Å². The van der Waals surface area contributed by atoms with Crippen molar-refractivity contribution in [1.29, 1.82) is 0 Å². The molecule has 2 N–H and O–H groups in total. The van der Waals surface area contributed by atoms with E-state index >= 15 is 0 Å². The Morgan fingerprint density at radius 1 is 1.62 bits per heavy atom. The molecule has 1 amide bonds. The van der Waals surface area contributed by atoms with Crippen molar-refractivity contribution < 1.29 is 18.0 Å². The predicted molar refractivity (Wildman–Crippen MR) is 44.3 cm³/mol. The van der Waals surface area contributed by atoms with E-state index in [0.29, 0.717) is 11.8 Å². The fourth-order valence-electron chi connectivity index (χ4n) is 1.25. The standard InChI is InChI=1S/C7H10F3NOS/c1-6(7(8,9)10)3-2-4(13-6)5(11)12/h4H,2-3H2,1H3,(H2,11,12). The molecule has 6 heteroatoms. The van der Waals surface area contributed by atoms with Gasteiger partial charge in [-0.2, -0.15) is 13.2 Å². The van der Waals surface area contributed by atoms with Gasteiger partial charge in [-0.3, -0.25) is 4.79 Å². The zero-order chi connectivity index (χ0) is 10.3. The second kappa shape index (κ2) is 3.08. The summed E-state index contributed by atoms with van der Waals surface area (Å²) in [4.78, 5) is 10.7. The van der Waals surface area contributed by atoms with Gasteiger partial charge in [0, 0.05) is 0 Å². The number of rotatable bonds is 1. The smallest absolute Gasteiger partial charge is 0.369 e. The van der Waals surface area contributed by atoms with E-state index < -0.39 is 22.1 Å². The van der Waals surface area contributed by atoms with Crippen LogP contribution in [0.1, 0.15) is 19.8 Å². The summed E-state index contributed by atoms with van der Waals surface area (Å²) in [6, 6.07) is 0. The van der Waals surface area contributed by atoms with Crippen molar-refractivity contribution in [3.05, 3.63) is 0 Å². The topological polar surface area (TPSA) is 43.1 Å². The summed E-state index contributed by atoms with van der Waals surface area (Å²) >= 11 is 0.628. The Bertz CT molecular complexity index is 230. The first-order valence-electron chi connectivity index (χ1n) is 3.80. The Labute approximate surface area is 78.0 Å². The SMILES string of the molecule is CC1(C(F)(F)F)CCC(C(N)=O)S1. The van der Waals surface area contributed by atoms with Crippen LogP contribution in [0.3, 0.4) is 0 Å². The van der Waals surface area contributed by atoms with E-state index in [9.17, 15) is 18.0 Å². The molecule has 1 heterocycles. The molecular formula is C7H10F3NOS. The number of nitrogens with two attached hydrogens (primary N) is 1. The Morgan fingerprint density at radius 2 is 2.15 bits per heavy atom. The molecule has 76 valence electrons. The zero-order valence-corrected chi connectivity index (χ0v) is 7.84. The molecule has 1 rings (SSSR count). The maximum atomic E-state index is 12.4. The van der Waals surface area contributed by atoms with Gasteiger partial charge in [0.15, 0.2) is 0 Å². The number of alkyl halides is 3. The summed E-state index contributed by atoms with van der Waals surface area (Å²) in [6.07, 6.45) is -4.08. The van der Waals surface area contributed by atoms with Gasteiger partial charge in [0.1, 0.15) is 4.75 Å². The van der Waals surface area contributed by atoms with Crippen LogP contribution in [-0.4, -0.2) is 22.1 Å². The Kier molecular flexibility index (Phi) is 2.53. The highest BCUT2D eigenvalue weighted by atomic mass is 32.2. The summed E-state index contributed by atoms with van der Waals surface area (Å²) in [5.41, 5.74) is 4.94. The van der Waals surface area contributed by atoms with Gasteiger partial charge in [-0.15, -0.1) is 11.8 Å². The van der Waals surface area contributed by atoms with Crippen molar-refractivity contribution in [3.63, 3.8) is 0 Å². The second-order valence-corrected chi connectivity index (χ2v) is 4.98. The van der Waals surface area contributed by atoms with Crippen LogP contribution in [-0.2, 0) is 4.79 Å². The largest absolute Gasteiger partial charge is 0.402 e. The lowest BCUT2D eigenvalue weighted by Crippen LogP contribution is -2.37. The first-order chi connectivity index (χ1) is 5.76. The minimum atomic E-state index is -4.26. The molecule has 13 heavy (non-hydrogen) atoms. The Hall–Kier alpha value is -0.390. The number of primary amides is 1. The van der Waals surface area contributed by atoms with E-state index in [1.807, 2.05) is 0 Å². The third-order valence-corrected chi connectivity index (χ3v) is 3.91. The third kappa shape index (κ3) is 1.92. The lowest BCUT2D eigenvalue weighted by molar-refractivity contribution is -0.155. The minimum Gasteiger partial charge on any atom is -0.369 e. The van der Waals surface area contributed by atoms with Crippen molar-refractivity contribution in [2.24, 2.45) is 5.73 Å². The number of hydrogen-bond acceptors (Lipinski definition) is 2. The average Bonchev–Trinajstić information content (AvgIpc) is 2.31. The molecule has 0 aromatic rings. The van der Waals surface area contributed by atoms with Crippen LogP contribution in [0, 0.1) is 0 Å². The zero-order valence-electron chi connectivity index (χ0n) is 7.02. The van der Waals surface area contributed by atoms with Gasteiger partial charge in [-0.05, 0) is 19.8 Å². The van der Waals surface area contributed by atoms with E-state index in [1.165, 1.54) is 0 Å². The predicted octanol–water partition coefficient (Wildman–Crippen LogP) is 1.69. The van der Waals surface area contributed by atoms with Crippen LogP contribution in [0.15, 0.2) is 0 Å². The number of carbonyl (C=O) groups excluding carboxylic acids is 1. The number of hydrogen-bond donors (Lipinski definition) is 1. The summed E-state index contributed by atoms with van der Waals surface area (Å²) in [6.45, 7) is 1.11. The number of carbonyl (C=O) groups is 1. The van der Waals surface area contributed by atoms with Crippen LogP contribution in [0.25, 0.3) is 0 Å². The molecule has 2 unspecified atom stereocenters.